The van der Waals surface area contributed by atoms with Crippen molar-refractivity contribution in [1.82, 2.24) is 9.47 Å². The molecule has 3 N–H and O–H groups in total. The minimum atomic E-state index is -4.85. The lowest BCUT2D eigenvalue weighted by Crippen LogP contribution is -2.43. The highest BCUT2D eigenvalue weighted by Gasteiger charge is 2.36. The molecule has 11 heteroatoms. The zero-order valence-electron chi connectivity index (χ0n) is 18.3. The molecule has 0 spiro atoms. The fraction of sp³-hybridized carbons (Fsp3) is 0.208. The SMILES string of the molecule is C=C1C[C@@H](C(=O)Cc2cccc(OC(F)(F)F)c2)N(C(=O)Nc2cn(C(N)=O)c3ccccc23)C1. The van der Waals surface area contributed by atoms with Crippen molar-refractivity contribution in [2.24, 2.45) is 5.73 Å². The summed E-state index contributed by atoms with van der Waals surface area (Å²) < 4.78 is 42.6. The molecule has 3 amide bonds. The molecular formula is C24H21F3N4O4. The second kappa shape index (κ2) is 9.16. The van der Waals surface area contributed by atoms with E-state index in [2.05, 4.69) is 16.6 Å². The van der Waals surface area contributed by atoms with Crippen molar-refractivity contribution in [2.75, 3.05) is 11.9 Å². The highest BCUT2D eigenvalue weighted by Crippen LogP contribution is 2.29. The average Bonchev–Trinajstić information content (AvgIpc) is 3.34. The van der Waals surface area contributed by atoms with Gasteiger partial charge in [-0.05, 0) is 30.2 Å². The summed E-state index contributed by atoms with van der Waals surface area (Å²) in [7, 11) is 0. The molecule has 3 aromatic rings. The van der Waals surface area contributed by atoms with E-state index in [9.17, 15) is 27.6 Å². The number of aromatic nitrogens is 1. The molecule has 4 rings (SSSR count). The van der Waals surface area contributed by atoms with Crippen molar-refractivity contribution in [3.8, 4) is 5.75 Å². The number of Topliss-reactive ketones (excluding diaryl/α,β-unsaturated/α-hetero) is 1. The number of nitrogens with two attached hydrogens (primary N) is 1. The molecule has 1 atom stereocenters. The van der Waals surface area contributed by atoms with Gasteiger partial charge in [-0.2, -0.15) is 0 Å². The van der Waals surface area contributed by atoms with Gasteiger partial charge < -0.3 is 20.7 Å². The topological polar surface area (TPSA) is 107 Å². The van der Waals surface area contributed by atoms with Gasteiger partial charge in [-0.15, -0.1) is 13.2 Å². The number of fused-ring (bicyclic) bond motifs is 1. The third-order valence-corrected chi connectivity index (χ3v) is 5.59. The van der Waals surface area contributed by atoms with Gasteiger partial charge in [0.05, 0.1) is 17.2 Å². The number of rotatable bonds is 5. The van der Waals surface area contributed by atoms with Crippen LogP contribution in [0.25, 0.3) is 10.9 Å². The number of hydrogen-bond donors (Lipinski definition) is 2. The Morgan fingerprint density at radius 3 is 2.60 bits per heavy atom. The fourth-order valence-corrected chi connectivity index (χ4v) is 4.12. The van der Waals surface area contributed by atoms with E-state index in [0.717, 1.165) is 12.1 Å². The normalized spacial score (nSPS) is 15.9. The monoisotopic (exact) mass is 486 g/mol. The van der Waals surface area contributed by atoms with Gasteiger partial charge in [0.25, 0.3) is 0 Å². The molecule has 182 valence electrons. The molecule has 0 unspecified atom stereocenters. The van der Waals surface area contributed by atoms with Gasteiger partial charge in [0.1, 0.15) is 5.75 Å². The Morgan fingerprint density at radius 1 is 1.14 bits per heavy atom. The minimum Gasteiger partial charge on any atom is -0.406 e. The molecule has 1 aromatic heterocycles. The summed E-state index contributed by atoms with van der Waals surface area (Å²) in [5, 5.41) is 3.31. The van der Waals surface area contributed by atoms with Crippen LogP contribution in [-0.4, -0.2) is 46.3 Å². The largest absolute Gasteiger partial charge is 0.573 e. The standard InChI is InChI=1S/C24H21F3N4O4/c1-14-9-20(21(32)11-15-5-4-6-16(10-15)35-24(25,26)27)31(12-14)23(34)29-18-13-30(22(28)33)19-8-3-2-7-17(18)19/h2-8,10,13,20H,1,9,11-12H2,(H2,28,33)(H,29,34)/t20-/m0/s1. The van der Waals surface area contributed by atoms with E-state index >= 15 is 0 Å². The van der Waals surface area contributed by atoms with Crippen LogP contribution in [0.1, 0.15) is 12.0 Å². The summed E-state index contributed by atoms with van der Waals surface area (Å²) in [4.78, 5) is 39.2. The number of likely N-dealkylation sites (tertiary alicyclic amines) is 1. The molecule has 0 radical (unpaired) electrons. The predicted octanol–water partition coefficient (Wildman–Crippen LogP) is 4.44. The second-order valence-electron chi connectivity index (χ2n) is 8.13. The Bertz CT molecular complexity index is 1330. The Hall–Kier alpha value is -4.28. The van der Waals surface area contributed by atoms with Crippen molar-refractivity contribution in [3.63, 3.8) is 0 Å². The van der Waals surface area contributed by atoms with Crippen molar-refractivity contribution < 1.29 is 32.3 Å². The Morgan fingerprint density at radius 2 is 1.89 bits per heavy atom. The maximum absolute atomic E-state index is 13.1. The quantitative estimate of drug-likeness (QED) is 0.520. The summed E-state index contributed by atoms with van der Waals surface area (Å²) in [6, 6.07) is 9.85. The highest BCUT2D eigenvalue weighted by molar-refractivity contribution is 6.05. The minimum absolute atomic E-state index is 0.133. The van der Waals surface area contributed by atoms with Crippen LogP contribution in [0.3, 0.4) is 0 Å². The number of amides is 3. The Labute approximate surface area is 197 Å². The summed E-state index contributed by atoms with van der Waals surface area (Å²) in [6.07, 6.45) is -3.41. The van der Waals surface area contributed by atoms with E-state index in [1.54, 1.807) is 24.3 Å². The molecule has 35 heavy (non-hydrogen) atoms. The van der Waals surface area contributed by atoms with Crippen molar-refractivity contribution in [2.45, 2.75) is 25.2 Å². The molecule has 1 fully saturated rings. The lowest BCUT2D eigenvalue weighted by molar-refractivity contribution is -0.274. The number of alkyl halides is 3. The number of primary amides is 1. The number of para-hydroxylation sites is 1. The first-order valence-corrected chi connectivity index (χ1v) is 10.5. The van der Waals surface area contributed by atoms with Crippen LogP contribution in [0.4, 0.5) is 28.4 Å². The van der Waals surface area contributed by atoms with Gasteiger partial charge in [0.2, 0.25) is 0 Å². The predicted molar refractivity (Wildman–Crippen MR) is 122 cm³/mol. The molecule has 8 nitrogen and oxygen atoms in total. The third kappa shape index (κ3) is 5.29. The molecule has 1 aliphatic rings. The molecular weight excluding hydrogens is 465 g/mol. The van der Waals surface area contributed by atoms with E-state index < -0.39 is 30.2 Å². The summed E-state index contributed by atoms with van der Waals surface area (Å²) in [5.41, 5.74) is 7.24. The number of ketones is 1. The number of urea groups is 1. The van der Waals surface area contributed by atoms with E-state index in [4.69, 9.17) is 5.73 Å². The maximum Gasteiger partial charge on any atom is 0.573 e. The van der Waals surface area contributed by atoms with Gasteiger partial charge in [-0.3, -0.25) is 9.36 Å². The van der Waals surface area contributed by atoms with Crippen LogP contribution < -0.4 is 15.8 Å². The third-order valence-electron chi connectivity index (χ3n) is 5.59. The van der Waals surface area contributed by atoms with E-state index in [0.29, 0.717) is 27.7 Å². The number of carbonyl (C=O) groups excluding carboxylic acids is 3. The molecule has 0 saturated carbocycles. The Kier molecular flexibility index (Phi) is 6.25. The first-order valence-electron chi connectivity index (χ1n) is 10.5. The van der Waals surface area contributed by atoms with Gasteiger partial charge >= 0.3 is 18.4 Å². The Balaban J connectivity index is 1.52. The number of carbonyl (C=O) groups is 3. The molecule has 0 aliphatic carbocycles. The first-order chi connectivity index (χ1) is 16.5. The number of anilines is 1. The van der Waals surface area contributed by atoms with Crippen LogP contribution in [0.15, 0.2) is 66.9 Å². The van der Waals surface area contributed by atoms with Gasteiger partial charge in [-0.25, -0.2) is 9.59 Å². The van der Waals surface area contributed by atoms with E-state index in [1.807, 2.05) is 0 Å². The van der Waals surface area contributed by atoms with Gasteiger partial charge in [0, 0.05) is 24.5 Å². The molecule has 0 bridgehead atoms. The molecule has 2 aromatic carbocycles. The van der Waals surface area contributed by atoms with E-state index in [-0.39, 0.29) is 25.2 Å². The number of benzene rings is 2. The lowest BCUT2D eigenvalue weighted by Gasteiger charge is -2.23. The lowest BCUT2D eigenvalue weighted by atomic mass is 10.0. The number of hydrogen-bond acceptors (Lipinski definition) is 4. The van der Waals surface area contributed by atoms with Crippen LogP contribution in [0.5, 0.6) is 5.75 Å². The van der Waals surface area contributed by atoms with Crippen LogP contribution >= 0.6 is 0 Å². The average molecular weight is 486 g/mol. The van der Waals surface area contributed by atoms with Gasteiger partial charge in [0.15, 0.2) is 5.78 Å². The molecule has 1 saturated heterocycles. The highest BCUT2D eigenvalue weighted by atomic mass is 19.4. The second-order valence-corrected chi connectivity index (χ2v) is 8.13. The maximum atomic E-state index is 13.1. The first kappa shape index (κ1) is 23.9. The molecule has 1 aliphatic heterocycles. The van der Waals surface area contributed by atoms with Gasteiger partial charge in [-0.1, -0.05) is 42.5 Å². The number of nitrogens with one attached hydrogen (secondary N) is 1. The van der Waals surface area contributed by atoms with Crippen molar-refractivity contribution >= 4 is 34.4 Å². The van der Waals surface area contributed by atoms with Crippen LogP contribution in [0.2, 0.25) is 0 Å². The molecule has 2 heterocycles. The number of ether oxygens (including phenoxy) is 1. The van der Waals surface area contributed by atoms with Crippen LogP contribution in [-0.2, 0) is 11.2 Å². The summed E-state index contributed by atoms with van der Waals surface area (Å²) in [5.74, 6) is -0.790. The number of nitrogens with zero attached hydrogens (tertiary/aromatic N) is 2. The van der Waals surface area contributed by atoms with Crippen molar-refractivity contribution in [1.29, 1.82) is 0 Å². The fourth-order valence-electron chi connectivity index (χ4n) is 4.12. The summed E-state index contributed by atoms with van der Waals surface area (Å²) >= 11 is 0. The van der Waals surface area contributed by atoms with Crippen molar-refractivity contribution in [3.05, 3.63) is 72.4 Å². The zero-order chi connectivity index (χ0) is 25.3. The zero-order valence-corrected chi connectivity index (χ0v) is 18.3. The summed E-state index contributed by atoms with van der Waals surface area (Å²) in [6.45, 7) is 4.01. The number of halogens is 3. The van der Waals surface area contributed by atoms with Crippen LogP contribution in [0, 0.1) is 0 Å². The smallest absolute Gasteiger partial charge is 0.406 e. The van der Waals surface area contributed by atoms with E-state index in [1.165, 1.54) is 27.8 Å².